The van der Waals surface area contributed by atoms with Gasteiger partial charge in [0.05, 0.1) is 13.7 Å². The molecular formula is C21H28N2O2. The molecule has 0 atom stereocenters. The van der Waals surface area contributed by atoms with E-state index >= 15 is 0 Å². The molecule has 4 heteroatoms. The molecule has 0 saturated carbocycles. The summed E-state index contributed by atoms with van der Waals surface area (Å²) < 4.78 is 5.17. The third kappa shape index (κ3) is 5.91. The Balaban J connectivity index is 1.94. The van der Waals surface area contributed by atoms with E-state index in [0.29, 0.717) is 19.1 Å². The largest absolute Gasteiger partial charge is 0.497 e. The third-order valence-corrected chi connectivity index (χ3v) is 4.30. The predicted molar refractivity (Wildman–Crippen MR) is 101 cm³/mol. The summed E-state index contributed by atoms with van der Waals surface area (Å²) in [6, 6.07) is 18.4. The number of rotatable bonds is 8. The molecule has 0 unspecified atom stereocenters. The van der Waals surface area contributed by atoms with Gasteiger partial charge in [-0.05, 0) is 37.1 Å². The van der Waals surface area contributed by atoms with Crippen LogP contribution >= 0.6 is 0 Å². The highest BCUT2D eigenvalue weighted by Crippen LogP contribution is 2.13. The molecular weight excluding hydrogens is 312 g/mol. The molecule has 0 bridgehead atoms. The maximum atomic E-state index is 12.6. The highest BCUT2D eigenvalue weighted by atomic mass is 16.5. The van der Waals surface area contributed by atoms with Gasteiger partial charge in [0.1, 0.15) is 5.75 Å². The molecule has 134 valence electrons. The van der Waals surface area contributed by atoms with E-state index in [-0.39, 0.29) is 5.91 Å². The molecule has 0 fully saturated rings. The average molecular weight is 340 g/mol. The van der Waals surface area contributed by atoms with E-state index in [0.717, 1.165) is 17.9 Å². The quantitative estimate of drug-likeness (QED) is 0.736. The van der Waals surface area contributed by atoms with Crippen LogP contribution < -0.4 is 4.74 Å². The molecule has 2 rings (SSSR count). The van der Waals surface area contributed by atoms with Crippen LogP contribution in [0.1, 0.15) is 25.0 Å². The highest BCUT2D eigenvalue weighted by molar-refractivity contribution is 5.78. The number of ether oxygens (including phenoxy) is 1. The maximum Gasteiger partial charge on any atom is 0.236 e. The first kappa shape index (κ1) is 19.0. The summed E-state index contributed by atoms with van der Waals surface area (Å²) in [4.78, 5) is 16.6. The van der Waals surface area contributed by atoms with Crippen molar-refractivity contribution in [3.63, 3.8) is 0 Å². The fourth-order valence-electron chi connectivity index (χ4n) is 2.63. The molecule has 0 saturated heterocycles. The van der Waals surface area contributed by atoms with Gasteiger partial charge in [0.15, 0.2) is 0 Å². The Kier molecular flexibility index (Phi) is 7.02. The molecule has 25 heavy (non-hydrogen) atoms. The Bertz CT molecular complexity index is 653. The number of carbonyl (C=O) groups excluding carboxylic acids is 1. The minimum absolute atomic E-state index is 0.125. The van der Waals surface area contributed by atoms with Gasteiger partial charge in [-0.3, -0.25) is 9.69 Å². The van der Waals surface area contributed by atoms with Gasteiger partial charge in [-0.25, -0.2) is 0 Å². The summed E-state index contributed by atoms with van der Waals surface area (Å²) in [5.41, 5.74) is 2.32. The van der Waals surface area contributed by atoms with E-state index < -0.39 is 0 Å². The lowest BCUT2D eigenvalue weighted by molar-refractivity contribution is -0.132. The van der Waals surface area contributed by atoms with Gasteiger partial charge in [-0.2, -0.15) is 0 Å². The summed E-state index contributed by atoms with van der Waals surface area (Å²) >= 11 is 0. The van der Waals surface area contributed by atoms with Crippen LogP contribution in [0.2, 0.25) is 0 Å². The van der Waals surface area contributed by atoms with Crippen LogP contribution in [-0.2, 0) is 17.9 Å². The van der Waals surface area contributed by atoms with Crippen molar-refractivity contribution < 1.29 is 9.53 Å². The van der Waals surface area contributed by atoms with Crippen LogP contribution in [0.4, 0.5) is 0 Å². The smallest absolute Gasteiger partial charge is 0.236 e. The molecule has 0 aliphatic heterocycles. The third-order valence-electron chi connectivity index (χ3n) is 4.30. The normalized spacial score (nSPS) is 11.0. The number of likely N-dealkylation sites (N-methyl/N-ethyl adjacent to an activating group) is 1. The molecule has 0 N–H and O–H groups in total. The minimum Gasteiger partial charge on any atom is -0.497 e. The second-order valence-corrected chi connectivity index (χ2v) is 6.58. The van der Waals surface area contributed by atoms with Crippen LogP contribution in [0, 0.1) is 0 Å². The number of hydrogen-bond donors (Lipinski definition) is 0. The number of benzene rings is 2. The molecule has 0 aliphatic carbocycles. The predicted octanol–water partition coefficient (Wildman–Crippen LogP) is 3.56. The Morgan fingerprint density at radius 3 is 2.12 bits per heavy atom. The Hall–Kier alpha value is -2.33. The minimum atomic E-state index is 0.125. The van der Waals surface area contributed by atoms with Crippen molar-refractivity contribution in [3.05, 3.63) is 65.7 Å². The summed E-state index contributed by atoms with van der Waals surface area (Å²) in [5, 5.41) is 0. The van der Waals surface area contributed by atoms with Crippen molar-refractivity contribution in [3.8, 4) is 5.75 Å². The monoisotopic (exact) mass is 340 g/mol. The van der Waals surface area contributed by atoms with Crippen molar-refractivity contribution in [1.82, 2.24) is 9.80 Å². The zero-order valence-corrected chi connectivity index (χ0v) is 15.6. The van der Waals surface area contributed by atoms with E-state index in [2.05, 4.69) is 30.9 Å². The van der Waals surface area contributed by atoms with Gasteiger partial charge in [-0.1, -0.05) is 42.5 Å². The standard InChI is InChI=1S/C21H28N2O2/c1-17(2)23(15-18-8-6-5-7-9-18)16-21(24)22(3)14-19-10-12-20(25-4)13-11-19/h5-13,17H,14-16H2,1-4H3. The van der Waals surface area contributed by atoms with Crippen LogP contribution in [0.5, 0.6) is 5.75 Å². The molecule has 0 heterocycles. The summed E-state index contributed by atoms with van der Waals surface area (Å²) in [7, 11) is 3.51. The molecule has 0 spiro atoms. The van der Waals surface area contributed by atoms with E-state index in [1.54, 1.807) is 12.0 Å². The zero-order chi connectivity index (χ0) is 18.2. The second-order valence-electron chi connectivity index (χ2n) is 6.58. The molecule has 0 aromatic heterocycles. The Labute approximate surface area is 151 Å². The van der Waals surface area contributed by atoms with Crippen LogP contribution in [0.15, 0.2) is 54.6 Å². The highest BCUT2D eigenvalue weighted by Gasteiger charge is 2.17. The fourth-order valence-corrected chi connectivity index (χ4v) is 2.63. The fraction of sp³-hybridized carbons (Fsp3) is 0.381. The van der Waals surface area contributed by atoms with Crippen molar-refractivity contribution >= 4 is 5.91 Å². The number of hydrogen-bond acceptors (Lipinski definition) is 3. The van der Waals surface area contributed by atoms with Crippen molar-refractivity contribution in [2.75, 3.05) is 20.7 Å². The van der Waals surface area contributed by atoms with Crippen molar-refractivity contribution in [2.45, 2.75) is 33.0 Å². The lowest BCUT2D eigenvalue weighted by atomic mass is 10.2. The van der Waals surface area contributed by atoms with Gasteiger partial charge in [0, 0.05) is 26.2 Å². The Morgan fingerprint density at radius 2 is 1.56 bits per heavy atom. The van der Waals surface area contributed by atoms with Gasteiger partial charge in [0.25, 0.3) is 0 Å². The first-order valence-electron chi connectivity index (χ1n) is 8.64. The van der Waals surface area contributed by atoms with E-state index in [9.17, 15) is 4.79 Å². The molecule has 2 aromatic carbocycles. The van der Waals surface area contributed by atoms with Gasteiger partial charge in [0.2, 0.25) is 5.91 Å². The van der Waals surface area contributed by atoms with Gasteiger partial charge in [-0.15, -0.1) is 0 Å². The Morgan fingerprint density at radius 1 is 0.960 bits per heavy atom. The number of methoxy groups -OCH3 is 1. The summed E-state index contributed by atoms with van der Waals surface area (Å²) in [6.45, 7) is 6.04. The maximum absolute atomic E-state index is 12.6. The first-order chi connectivity index (χ1) is 12.0. The topological polar surface area (TPSA) is 32.8 Å². The van der Waals surface area contributed by atoms with E-state index in [1.807, 2.05) is 49.5 Å². The average Bonchev–Trinajstić information content (AvgIpc) is 2.62. The van der Waals surface area contributed by atoms with E-state index in [4.69, 9.17) is 4.74 Å². The zero-order valence-electron chi connectivity index (χ0n) is 15.6. The molecule has 4 nitrogen and oxygen atoms in total. The van der Waals surface area contributed by atoms with Crippen molar-refractivity contribution in [1.29, 1.82) is 0 Å². The lowest BCUT2D eigenvalue weighted by Crippen LogP contribution is -2.41. The number of nitrogens with zero attached hydrogens (tertiary/aromatic N) is 2. The van der Waals surface area contributed by atoms with Crippen LogP contribution in [-0.4, -0.2) is 42.5 Å². The van der Waals surface area contributed by atoms with Gasteiger partial charge >= 0.3 is 0 Å². The first-order valence-corrected chi connectivity index (χ1v) is 8.64. The van der Waals surface area contributed by atoms with Crippen LogP contribution in [0.3, 0.4) is 0 Å². The number of carbonyl (C=O) groups is 1. The van der Waals surface area contributed by atoms with Crippen LogP contribution in [0.25, 0.3) is 0 Å². The second kappa shape index (κ2) is 9.23. The molecule has 1 amide bonds. The lowest BCUT2D eigenvalue weighted by Gasteiger charge is -2.28. The summed E-state index contributed by atoms with van der Waals surface area (Å²) in [6.07, 6.45) is 0. The molecule has 0 aliphatic rings. The SMILES string of the molecule is COc1ccc(CN(C)C(=O)CN(Cc2ccccc2)C(C)C)cc1. The van der Waals surface area contributed by atoms with E-state index in [1.165, 1.54) is 5.56 Å². The molecule has 0 radical (unpaired) electrons. The van der Waals surface area contributed by atoms with Crippen molar-refractivity contribution in [2.24, 2.45) is 0 Å². The molecule has 2 aromatic rings. The van der Waals surface area contributed by atoms with Gasteiger partial charge < -0.3 is 9.64 Å². The summed E-state index contributed by atoms with van der Waals surface area (Å²) in [5.74, 6) is 0.951. The number of amides is 1.